The molecular weight excluding hydrogens is 226 g/mol. The number of hydrogen-bond acceptors (Lipinski definition) is 3. The second kappa shape index (κ2) is 3.79. The second-order valence-corrected chi connectivity index (χ2v) is 4.22. The molecule has 1 aromatic heterocycles. The largest absolute Gasteiger partial charge is 0.315 e. The highest BCUT2D eigenvalue weighted by Crippen LogP contribution is 2.14. The van der Waals surface area contributed by atoms with Gasteiger partial charge in [-0.05, 0) is 25.1 Å². The summed E-state index contributed by atoms with van der Waals surface area (Å²) in [4.78, 5) is 16.5. The van der Waals surface area contributed by atoms with Gasteiger partial charge in [0.05, 0.1) is 10.9 Å². The van der Waals surface area contributed by atoms with Gasteiger partial charge in [-0.25, -0.2) is 9.66 Å². The molecule has 0 aliphatic rings. The van der Waals surface area contributed by atoms with Crippen LogP contribution in [0.4, 0.5) is 0 Å². The average Bonchev–Trinajstić information content (AvgIpc) is 2.19. The molecule has 0 aliphatic heterocycles. The van der Waals surface area contributed by atoms with Gasteiger partial charge in [0.2, 0.25) is 0 Å². The highest BCUT2D eigenvalue weighted by Gasteiger charge is 2.09. The first-order chi connectivity index (χ1) is 7.50. The van der Waals surface area contributed by atoms with Gasteiger partial charge in [-0.15, -0.1) is 0 Å². The van der Waals surface area contributed by atoms with Gasteiger partial charge >= 0.3 is 0 Å². The molecule has 0 amide bonds. The first-order valence-corrected chi connectivity index (χ1v) is 5.25. The lowest BCUT2D eigenvalue weighted by molar-refractivity contribution is 0.663. The number of halogens is 1. The van der Waals surface area contributed by atoms with Crippen molar-refractivity contribution >= 4 is 22.5 Å². The zero-order chi connectivity index (χ0) is 11.9. The quantitative estimate of drug-likeness (QED) is 0.756. The summed E-state index contributed by atoms with van der Waals surface area (Å²) in [7, 11) is 3.60. The predicted octanol–water partition coefficient (Wildman–Crippen LogP) is 1.56. The van der Waals surface area contributed by atoms with Crippen molar-refractivity contribution < 1.29 is 0 Å². The van der Waals surface area contributed by atoms with Crippen LogP contribution in [-0.2, 0) is 0 Å². The van der Waals surface area contributed by atoms with Crippen LogP contribution in [0, 0.1) is 6.92 Å². The Hall–Kier alpha value is -1.55. The maximum absolute atomic E-state index is 12.2. The Kier molecular flexibility index (Phi) is 2.59. The van der Waals surface area contributed by atoms with Gasteiger partial charge < -0.3 is 5.01 Å². The first-order valence-electron chi connectivity index (χ1n) is 4.87. The molecule has 16 heavy (non-hydrogen) atoms. The van der Waals surface area contributed by atoms with E-state index >= 15 is 0 Å². The fourth-order valence-electron chi connectivity index (χ4n) is 1.73. The monoisotopic (exact) mass is 237 g/mol. The lowest BCUT2D eigenvalue weighted by Crippen LogP contribution is -2.38. The van der Waals surface area contributed by atoms with Crippen LogP contribution in [0.15, 0.2) is 23.0 Å². The molecule has 0 unspecified atom stereocenters. The summed E-state index contributed by atoms with van der Waals surface area (Å²) in [6.45, 7) is 1.80. The normalized spacial score (nSPS) is 10.8. The van der Waals surface area contributed by atoms with Crippen LogP contribution in [0.25, 0.3) is 10.9 Å². The standard InChI is InChI=1S/C11H12ClN3O/c1-7-13-10-5-4-8(12)6-9(10)11(16)15(7)14(2)3/h4-6H,1-3H3. The predicted molar refractivity (Wildman–Crippen MR) is 65.8 cm³/mol. The Morgan fingerprint density at radius 2 is 2.06 bits per heavy atom. The third-order valence-corrected chi connectivity index (χ3v) is 2.61. The van der Waals surface area contributed by atoms with Crippen LogP contribution >= 0.6 is 11.6 Å². The molecule has 2 rings (SSSR count). The van der Waals surface area contributed by atoms with E-state index in [4.69, 9.17) is 11.6 Å². The molecule has 84 valence electrons. The molecule has 0 spiro atoms. The van der Waals surface area contributed by atoms with Crippen LogP contribution in [0.2, 0.25) is 5.02 Å². The van der Waals surface area contributed by atoms with E-state index in [1.165, 1.54) is 4.68 Å². The molecule has 0 saturated heterocycles. The highest BCUT2D eigenvalue weighted by molar-refractivity contribution is 6.31. The van der Waals surface area contributed by atoms with Gasteiger partial charge in [-0.2, -0.15) is 0 Å². The van der Waals surface area contributed by atoms with Crippen LogP contribution in [0.5, 0.6) is 0 Å². The number of hydrogen-bond donors (Lipinski definition) is 0. The fourth-order valence-corrected chi connectivity index (χ4v) is 1.90. The van der Waals surface area contributed by atoms with Crippen molar-refractivity contribution in [2.24, 2.45) is 0 Å². The van der Waals surface area contributed by atoms with Crippen molar-refractivity contribution in [2.75, 3.05) is 19.1 Å². The van der Waals surface area contributed by atoms with Gasteiger partial charge in [-0.3, -0.25) is 4.79 Å². The smallest absolute Gasteiger partial charge is 0.280 e. The Bertz CT molecular complexity index is 604. The minimum absolute atomic E-state index is 0.102. The molecule has 0 bridgehead atoms. The molecular formula is C11H12ClN3O. The summed E-state index contributed by atoms with van der Waals surface area (Å²) in [5, 5.41) is 2.78. The topological polar surface area (TPSA) is 38.1 Å². The van der Waals surface area contributed by atoms with E-state index < -0.39 is 0 Å². The summed E-state index contributed by atoms with van der Waals surface area (Å²) >= 11 is 5.87. The molecule has 4 nitrogen and oxygen atoms in total. The van der Waals surface area contributed by atoms with E-state index in [9.17, 15) is 4.79 Å². The minimum Gasteiger partial charge on any atom is -0.315 e. The molecule has 0 N–H and O–H groups in total. The van der Waals surface area contributed by atoms with Crippen LogP contribution in [-0.4, -0.2) is 23.8 Å². The summed E-state index contributed by atoms with van der Waals surface area (Å²) in [6.07, 6.45) is 0. The summed E-state index contributed by atoms with van der Waals surface area (Å²) in [5.41, 5.74) is 0.569. The second-order valence-electron chi connectivity index (χ2n) is 3.78. The zero-order valence-electron chi connectivity index (χ0n) is 9.36. The van der Waals surface area contributed by atoms with Crippen LogP contribution < -0.4 is 10.6 Å². The molecule has 1 aromatic carbocycles. The van der Waals surface area contributed by atoms with E-state index in [0.717, 1.165) is 0 Å². The lowest BCUT2D eigenvalue weighted by atomic mass is 10.2. The molecule has 0 atom stereocenters. The fraction of sp³-hybridized carbons (Fsp3) is 0.273. The summed E-state index contributed by atoms with van der Waals surface area (Å²) in [5.74, 6) is 0.657. The van der Waals surface area contributed by atoms with E-state index in [-0.39, 0.29) is 5.56 Å². The number of aryl methyl sites for hydroxylation is 1. The maximum Gasteiger partial charge on any atom is 0.280 e. The molecule has 0 fully saturated rings. The van der Waals surface area contributed by atoms with Crippen LogP contribution in [0.1, 0.15) is 5.82 Å². The minimum atomic E-state index is -0.102. The Labute approximate surface area is 98.1 Å². The van der Waals surface area contributed by atoms with Crippen molar-refractivity contribution in [3.05, 3.63) is 39.4 Å². The van der Waals surface area contributed by atoms with E-state index in [0.29, 0.717) is 21.7 Å². The van der Waals surface area contributed by atoms with Gasteiger partial charge in [0.15, 0.2) is 0 Å². The molecule has 1 heterocycles. The lowest BCUT2D eigenvalue weighted by Gasteiger charge is -2.18. The highest BCUT2D eigenvalue weighted by atomic mass is 35.5. The van der Waals surface area contributed by atoms with Crippen molar-refractivity contribution in [2.45, 2.75) is 6.92 Å². The Balaban J connectivity index is 2.91. The number of aromatic nitrogens is 2. The Morgan fingerprint density at radius 3 is 2.69 bits per heavy atom. The SMILES string of the molecule is Cc1nc2ccc(Cl)cc2c(=O)n1N(C)C. The number of fused-ring (bicyclic) bond motifs is 1. The maximum atomic E-state index is 12.2. The van der Waals surface area contributed by atoms with Crippen molar-refractivity contribution in [3.63, 3.8) is 0 Å². The number of nitrogens with zero attached hydrogens (tertiary/aromatic N) is 3. The van der Waals surface area contributed by atoms with E-state index in [2.05, 4.69) is 4.98 Å². The molecule has 0 aliphatic carbocycles. The zero-order valence-corrected chi connectivity index (χ0v) is 10.1. The van der Waals surface area contributed by atoms with Gasteiger partial charge in [0.1, 0.15) is 5.82 Å². The van der Waals surface area contributed by atoms with E-state index in [1.807, 2.05) is 0 Å². The molecule has 2 aromatic rings. The first kappa shape index (κ1) is 11.0. The van der Waals surface area contributed by atoms with Gasteiger partial charge in [0.25, 0.3) is 5.56 Å². The summed E-state index contributed by atoms with van der Waals surface area (Å²) < 4.78 is 1.51. The third-order valence-electron chi connectivity index (χ3n) is 2.37. The van der Waals surface area contributed by atoms with Gasteiger partial charge in [-0.1, -0.05) is 11.6 Å². The average molecular weight is 238 g/mol. The van der Waals surface area contributed by atoms with Crippen LogP contribution in [0.3, 0.4) is 0 Å². The number of rotatable bonds is 1. The van der Waals surface area contributed by atoms with Crippen molar-refractivity contribution in [1.82, 2.24) is 9.66 Å². The third kappa shape index (κ3) is 1.65. The molecule has 0 radical (unpaired) electrons. The molecule has 0 saturated carbocycles. The summed E-state index contributed by atoms with van der Waals surface area (Å²) in [6, 6.07) is 5.13. The van der Waals surface area contributed by atoms with E-state index in [1.54, 1.807) is 44.2 Å². The Morgan fingerprint density at radius 1 is 1.38 bits per heavy atom. The van der Waals surface area contributed by atoms with Gasteiger partial charge in [0, 0.05) is 19.1 Å². The number of benzene rings is 1. The van der Waals surface area contributed by atoms with Crippen molar-refractivity contribution in [3.8, 4) is 0 Å². The van der Waals surface area contributed by atoms with Crippen molar-refractivity contribution in [1.29, 1.82) is 0 Å². The molecule has 5 heteroatoms.